The van der Waals surface area contributed by atoms with E-state index in [2.05, 4.69) is 5.32 Å². The van der Waals surface area contributed by atoms with E-state index in [-0.39, 0.29) is 17.8 Å². The molecule has 176 valence electrons. The zero-order valence-electron chi connectivity index (χ0n) is 19.6. The zero-order chi connectivity index (χ0) is 23.7. The summed E-state index contributed by atoms with van der Waals surface area (Å²) in [5, 5.41) is 3.29. The van der Waals surface area contributed by atoms with Crippen LogP contribution in [0.25, 0.3) is 0 Å². The van der Waals surface area contributed by atoms with Crippen LogP contribution < -0.4 is 10.1 Å². The summed E-state index contributed by atoms with van der Waals surface area (Å²) in [4.78, 5) is 39.8. The van der Waals surface area contributed by atoms with Gasteiger partial charge < -0.3 is 19.5 Å². The van der Waals surface area contributed by atoms with Crippen LogP contribution in [0.3, 0.4) is 0 Å². The Balaban J connectivity index is 1.84. The number of ether oxygens (including phenoxy) is 3. The Labute approximate surface area is 194 Å². The van der Waals surface area contributed by atoms with Gasteiger partial charge >= 0.3 is 11.9 Å². The number of dihydropyridines is 1. The van der Waals surface area contributed by atoms with Crippen LogP contribution in [0.5, 0.6) is 5.75 Å². The number of carbonyl (C=O) groups is 3. The molecule has 0 unspecified atom stereocenters. The molecule has 0 saturated heterocycles. The highest BCUT2D eigenvalue weighted by atomic mass is 16.5. The normalized spacial score (nSPS) is 25.5. The average Bonchev–Trinajstić information content (AvgIpc) is 3.30. The number of benzene rings is 1. The third-order valence-corrected chi connectivity index (χ3v) is 6.99. The fourth-order valence-electron chi connectivity index (χ4n) is 5.39. The van der Waals surface area contributed by atoms with Crippen molar-refractivity contribution >= 4 is 17.7 Å². The number of esters is 2. The molecular formula is C26H31NO6. The summed E-state index contributed by atoms with van der Waals surface area (Å²) in [6, 6.07) is 7.35. The highest BCUT2D eigenvalue weighted by molar-refractivity contribution is 6.12. The summed E-state index contributed by atoms with van der Waals surface area (Å²) in [5.41, 5.74) is 2.88. The van der Waals surface area contributed by atoms with Crippen LogP contribution in [0.4, 0.5) is 0 Å². The maximum absolute atomic E-state index is 13.8. The number of rotatable bonds is 5. The molecule has 3 aliphatic rings. The van der Waals surface area contributed by atoms with Gasteiger partial charge in [0.05, 0.1) is 25.7 Å². The molecule has 1 heterocycles. The van der Waals surface area contributed by atoms with Crippen LogP contribution in [0.2, 0.25) is 0 Å². The van der Waals surface area contributed by atoms with Gasteiger partial charge in [-0.15, -0.1) is 0 Å². The van der Waals surface area contributed by atoms with Gasteiger partial charge in [-0.2, -0.15) is 0 Å². The number of carbonyl (C=O) groups excluding carboxylic acids is 3. The SMILES string of the molecule is COC(=O)[C@H]1C(=O)C2=C(C[C@H]1C)NC(C)=C(C(=O)OC1CCCC1)[C@@H]2c1ccccc1OC. The van der Waals surface area contributed by atoms with E-state index in [9.17, 15) is 14.4 Å². The Morgan fingerprint density at radius 1 is 1.09 bits per heavy atom. The number of para-hydroxylation sites is 1. The predicted molar refractivity (Wildman–Crippen MR) is 121 cm³/mol. The van der Waals surface area contributed by atoms with E-state index in [0.29, 0.717) is 34.6 Å². The standard InChI is InChI=1S/C26H31NO6/c1-14-13-18-23(24(28)20(14)25(29)32-4)22(17-11-7-8-12-19(17)31-3)21(15(2)27-18)26(30)33-16-9-5-6-10-16/h7-8,11-12,14,16,20,22,27H,5-6,9-10,13H2,1-4H3/t14-,20-,22+/m1/s1. The molecule has 1 aromatic rings. The van der Waals surface area contributed by atoms with Gasteiger partial charge in [-0.3, -0.25) is 9.59 Å². The molecule has 0 radical (unpaired) electrons. The number of hydrogen-bond acceptors (Lipinski definition) is 7. The first-order chi connectivity index (χ1) is 15.9. The van der Waals surface area contributed by atoms with Crippen molar-refractivity contribution in [1.29, 1.82) is 0 Å². The second-order valence-corrected chi connectivity index (χ2v) is 9.09. The molecule has 7 nitrogen and oxygen atoms in total. The maximum Gasteiger partial charge on any atom is 0.337 e. The number of Topliss-reactive ketones (excluding diaryl/α,β-unsaturated/α-hetero) is 1. The van der Waals surface area contributed by atoms with Crippen molar-refractivity contribution in [2.24, 2.45) is 11.8 Å². The van der Waals surface area contributed by atoms with Crippen molar-refractivity contribution in [1.82, 2.24) is 5.32 Å². The lowest BCUT2D eigenvalue weighted by molar-refractivity contribution is -0.151. The Kier molecular flexibility index (Phi) is 6.58. The lowest BCUT2D eigenvalue weighted by Crippen LogP contribution is -2.43. The van der Waals surface area contributed by atoms with Gasteiger partial charge in [0.15, 0.2) is 5.78 Å². The van der Waals surface area contributed by atoms with Gasteiger partial charge in [-0.05, 0) is 51.0 Å². The molecule has 4 rings (SSSR count). The molecule has 0 aromatic heterocycles. The highest BCUT2D eigenvalue weighted by Gasteiger charge is 2.48. The summed E-state index contributed by atoms with van der Waals surface area (Å²) in [5.74, 6) is -2.59. The first-order valence-electron chi connectivity index (χ1n) is 11.5. The van der Waals surface area contributed by atoms with Crippen LogP contribution in [0.15, 0.2) is 46.8 Å². The van der Waals surface area contributed by atoms with Gasteiger partial charge in [-0.25, -0.2) is 4.79 Å². The second-order valence-electron chi connectivity index (χ2n) is 9.09. The molecule has 0 spiro atoms. The smallest absolute Gasteiger partial charge is 0.337 e. The van der Waals surface area contributed by atoms with Crippen molar-refractivity contribution in [3.8, 4) is 5.75 Å². The second kappa shape index (κ2) is 9.41. The van der Waals surface area contributed by atoms with E-state index < -0.39 is 23.8 Å². The van der Waals surface area contributed by atoms with E-state index in [1.54, 1.807) is 13.2 Å². The van der Waals surface area contributed by atoms with Crippen LogP contribution in [-0.2, 0) is 23.9 Å². The number of nitrogens with one attached hydrogen (secondary N) is 1. The molecule has 0 bridgehead atoms. The number of methoxy groups -OCH3 is 2. The molecule has 1 N–H and O–H groups in total. The lowest BCUT2D eigenvalue weighted by atomic mass is 9.69. The van der Waals surface area contributed by atoms with Crippen LogP contribution >= 0.6 is 0 Å². The first-order valence-corrected chi connectivity index (χ1v) is 11.5. The fourth-order valence-corrected chi connectivity index (χ4v) is 5.39. The molecule has 1 aromatic carbocycles. The van der Waals surface area contributed by atoms with Gasteiger partial charge in [0.25, 0.3) is 0 Å². The fraction of sp³-hybridized carbons (Fsp3) is 0.500. The van der Waals surface area contributed by atoms with E-state index in [1.165, 1.54) is 7.11 Å². The number of hydrogen-bond donors (Lipinski definition) is 1. The van der Waals surface area contributed by atoms with Crippen molar-refractivity contribution in [2.75, 3.05) is 14.2 Å². The molecule has 7 heteroatoms. The van der Waals surface area contributed by atoms with Gasteiger partial charge in [0, 0.05) is 22.5 Å². The topological polar surface area (TPSA) is 90.9 Å². The number of allylic oxidation sites excluding steroid dienone is 3. The summed E-state index contributed by atoms with van der Waals surface area (Å²) in [6.45, 7) is 3.70. The summed E-state index contributed by atoms with van der Waals surface area (Å²) in [6.07, 6.45) is 4.15. The highest BCUT2D eigenvalue weighted by Crippen LogP contribution is 2.47. The van der Waals surface area contributed by atoms with E-state index in [0.717, 1.165) is 31.4 Å². The van der Waals surface area contributed by atoms with E-state index in [4.69, 9.17) is 14.2 Å². The average molecular weight is 454 g/mol. The van der Waals surface area contributed by atoms with E-state index in [1.807, 2.05) is 32.0 Å². The zero-order valence-corrected chi connectivity index (χ0v) is 19.6. The van der Waals surface area contributed by atoms with Crippen LogP contribution in [0, 0.1) is 11.8 Å². The minimum atomic E-state index is -0.918. The van der Waals surface area contributed by atoms with Crippen molar-refractivity contribution < 1.29 is 28.6 Å². The van der Waals surface area contributed by atoms with Gasteiger partial charge in [0.1, 0.15) is 17.8 Å². The summed E-state index contributed by atoms with van der Waals surface area (Å²) in [7, 11) is 2.85. The summed E-state index contributed by atoms with van der Waals surface area (Å²) >= 11 is 0. The molecular weight excluding hydrogens is 422 g/mol. The Hall–Kier alpha value is -3.09. The minimum absolute atomic E-state index is 0.114. The number of ketones is 1. The Bertz CT molecular complexity index is 1030. The first kappa shape index (κ1) is 23.1. The van der Waals surface area contributed by atoms with Crippen LogP contribution in [-0.4, -0.2) is 38.0 Å². The van der Waals surface area contributed by atoms with Gasteiger partial charge in [-0.1, -0.05) is 25.1 Å². The van der Waals surface area contributed by atoms with Crippen LogP contribution in [0.1, 0.15) is 57.4 Å². The van der Waals surface area contributed by atoms with Gasteiger partial charge in [0.2, 0.25) is 0 Å². The maximum atomic E-state index is 13.8. The molecule has 3 atom stereocenters. The van der Waals surface area contributed by atoms with Crippen molar-refractivity contribution in [3.05, 3.63) is 52.4 Å². The van der Waals surface area contributed by atoms with Crippen molar-refractivity contribution in [3.63, 3.8) is 0 Å². The quantitative estimate of drug-likeness (QED) is 0.536. The van der Waals surface area contributed by atoms with E-state index >= 15 is 0 Å². The molecule has 0 amide bonds. The largest absolute Gasteiger partial charge is 0.496 e. The Morgan fingerprint density at radius 2 is 1.79 bits per heavy atom. The predicted octanol–water partition coefficient (Wildman–Crippen LogP) is 3.79. The summed E-state index contributed by atoms with van der Waals surface area (Å²) < 4.78 is 16.4. The molecule has 1 saturated carbocycles. The monoisotopic (exact) mass is 453 g/mol. The lowest BCUT2D eigenvalue weighted by Gasteiger charge is -2.38. The Morgan fingerprint density at radius 3 is 2.45 bits per heavy atom. The van der Waals surface area contributed by atoms with Crippen molar-refractivity contribution in [2.45, 2.75) is 58.0 Å². The molecule has 1 fully saturated rings. The molecule has 1 aliphatic heterocycles. The third kappa shape index (κ3) is 4.16. The third-order valence-electron chi connectivity index (χ3n) is 6.99. The molecule has 2 aliphatic carbocycles. The molecule has 33 heavy (non-hydrogen) atoms. The minimum Gasteiger partial charge on any atom is -0.496 e.